The second kappa shape index (κ2) is 8.61. The highest BCUT2D eigenvalue weighted by Crippen LogP contribution is 2.21. The summed E-state index contributed by atoms with van der Waals surface area (Å²) < 4.78 is 1.83. The van der Waals surface area contributed by atoms with E-state index in [9.17, 15) is 4.79 Å². The molecule has 2 aromatic carbocycles. The van der Waals surface area contributed by atoms with Crippen molar-refractivity contribution in [2.45, 2.75) is 13.0 Å². The molecule has 0 aliphatic heterocycles. The molecule has 2 N–H and O–H groups in total. The quantitative estimate of drug-likeness (QED) is 0.499. The lowest BCUT2D eigenvalue weighted by molar-refractivity contribution is -0.116. The summed E-state index contributed by atoms with van der Waals surface area (Å²) in [4.78, 5) is 16.9. The molecule has 4 aromatic rings. The molecule has 0 aliphatic rings. The van der Waals surface area contributed by atoms with Crippen LogP contribution in [0.15, 0.2) is 85.2 Å². The van der Waals surface area contributed by atoms with Gasteiger partial charge in [-0.25, -0.2) is 4.98 Å². The fraction of sp³-hybridized carbons (Fsp3) is 0.125. The number of nitrogens with zero attached hydrogens (tertiary/aromatic N) is 3. The van der Waals surface area contributed by atoms with Crippen molar-refractivity contribution in [1.82, 2.24) is 14.8 Å². The van der Waals surface area contributed by atoms with Crippen LogP contribution in [0, 0.1) is 0 Å². The molecule has 0 spiro atoms. The summed E-state index contributed by atoms with van der Waals surface area (Å²) in [6.45, 7) is 1.82. The van der Waals surface area contributed by atoms with E-state index in [0.29, 0.717) is 5.82 Å². The highest BCUT2D eigenvalue weighted by atomic mass is 16.2. The van der Waals surface area contributed by atoms with Crippen LogP contribution < -0.4 is 10.6 Å². The third-order valence-electron chi connectivity index (χ3n) is 4.90. The van der Waals surface area contributed by atoms with Gasteiger partial charge >= 0.3 is 0 Å². The largest absolute Gasteiger partial charge is 0.374 e. The smallest absolute Gasteiger partial charge is 0.247 e. The third kappa shape index (κ3) is 4.38. The van der Waals surface area contributed by atoms with E-state index in [4.69, 9.17) is 0 Å². The second-order valence-corrected chi connectivity index (χ2v) is 7.07. The van der Waals surface area contributed by atoms with Crippen LogP contribution in [0.5, 0.6) is 0 Å². The fourth-order valence-corrected chi connectivity index (χ4v) is 3.21. The lowest BCUT2D eigenvalue weighted by atomic mass is 10.1. The van der Waals surface area contributed by atoms with Gasteiger partial charge in [0.15, 0.2) is 0 Å². The van der Waals surface area contributed by atoms with Crippen molar-refractivity contribution in [1.29, 1.82) is 0 Å². The molecule has 0 unspecified atom stereocenters. The summed E-state index contributed by atoms with van der Waals surface area (Å²) in [5, 5.41) is 10.3. The Labute approximate surface area is 175 Å². The molecule has 0 fully saturated rings. The summed E-state index contributed by atoms with van der Waals surface area (Å²) in [6, 6.07) is 23.3. The molecule has 6 nitrogen and oxygen atoms in total. The monoisotopic (exact) mass is 397 g/mol. The average Bonchev–Trinajstić information content (AvgIpc) is 3.21. The lowest BCUT2D eigenvalue weighted by Crippen LogP contribution is -2.32. The van der Waals surface area contributed by atoms with E-state index in [1.807, 2.05) is 91.4 Å². The summed E-state index contributed by atoms with van der Waals surface area (Å²) in [5.74, 6) is 0.380. The number of aromatic nitrogens is 3. The van der Waals surface area contributed by atoms with Crippen LogP contribution in [-0.2, 0) is 11.8 Å². The summed E-state index contributed by atoms with van der Waals surface area (Å²) in [5.41, 5.74) is 5.08. The predicted octanol–water partition coefficient (Wildman–Crippen LogP) is 4.59. The van der Waals surface area contributed by atoms with E-state index in [0.717, 1.165) is 28.1 Å². The molecule has 30 heavy (non-hydrogen) atoms. The molecule has 0 aliphatic carbocycles. The average molecular weight is 397 g/mol. The molecule has 0 saturated heterocycles. The normalized spacial score (nSPS) is 11.7. The van der Waals surface area contributed by atoms with Gasteiger partial charge < -0.3 is 10.6 Å². The molecule has 0 radical (unpaired) electrons. The zero-order valence-corrected chi connectivity index (χ0v) is 16.9. The maximum Gasteiger partial charge on any atom is 0.247 e. The van der Waals surface area contributed by atoms with E-state index in [2.05, 4.69) is 20.7 Å². The first-order valence-corrected chi connectivity index (χ1v) is 9.77. The fourth-order valence-electron chi connectivity index (χ4n) is 3.21. The molecule has 2 heterocycles. The van der Waals surface area contributed by atoms with E-state index in [1.54, 1.807) is 12.4 Å². The van der Waals surface area contributed by atoms with E-state index < -0.39 is 6.04 Å². The number of nitrogens with one attached hydrogen (secondary N) is 2. The Bertz CT molecular complexity index is 1120. The number of hydrogen-bond donors (Lipinski definition) is 2. The number of hydrogen-bond acceptors (Lipinski definition) is 4. The first kappa shape index (κ1) is 19.4. The van der Waals surface area contributed by atoms with Crippen molar-refractivity contribution in [2.24, 2.45) is 7.05 Å². The Morgan fingerprint density at radius 1 is 0.900 bits per heavy atom. The maximum absolute atomic E-state index is 12.5. The van der Waals surface area contributed by atoms with Gasteiger partial charge in [-0.2, -0.15) is 5.10 Å². The summed E-state index contributed by atoms with van der Waals surface area (Å²) in [6.07, 6.45) is 3.54. The molecule has 0 saturated carbocycles. The number of aryl methyl sites for hydroxylation is 1. The van der Waals surface area contributed by atoms with Crippen LogP contribution >= 0.6 is 0 Å². The maximum atomic E-state index is 12.5. The van der Waals surface area contributed by atoms with Gasteiger partial charge in [0.25, 0.3) is 0 Å². The van der Waals surface area contributed by atoms with Gasteiger partial charge in [-0.15, -0.1) is 0 Å². The Morgan fingerprint density at radius 3 is 2.27 bits per heavy atom. The van der Waals surface area contributed by atoms with Gasteiger partial charge in [-0.3, -0.25) is 9.48 Å². The van der Waals surface area contributed by atoms with Crippen LogP contribution in [-0.4, -0.2) is 26.7 Å². The van der Waals surface area contributed by atoms with Crippen LogP contribution in [0.4, 0.5) is 11.5 Å². The van der Waals surface area contributed by atoms with Crippen molar-refractivity contribution in [3.63, 3.8) is 0 Å². The Balaban J connectivity index is 1.36. The summed E-state index contributed by atoms with van der Waals surface area (Å²) in [7, 11) is 1.91. The number of benzene rings is 2. The third-order valence-corrected chi connectivity index (χ3v) is 4.90. The highest BCUT2D eigenvalue weighted by Gasteiger charge is 2.14. The van der Waals surface area contributed by atoms with Crippen LogP contribution in [0.1, 0.15) is 6.92 Å². The number of rotatable bonds is 6. The molecule has 4 rings (SSSR count). The standard InChI is InChI=1S/C24H23N5O/c1-17(27-21-11-8-19(9-12-21)22-14-15-26-29(22)2)24(30)28-23-13-10-20(16-25-23)18-6-4-3-5-7-18/h3-17,27H,1-2H3,(H,25,28,30)/t17-/m0/s1. The molecule has 150 valence electrons. The van der Waals surface area contributed by atoms with Crippen LogP contribution in [0.25, 0.3) is 22.4 Å². The van der Waals surface area contributed by atoms with Crippen molar-refractivity contribution in [3.05, 3.63) is 85.2 Å². The van der Waals surface area contributed by atoms with Gasteiger partial charge in [-0.1, -0.05) is 42.5 Å². The Morgan fingerprint density at radius 2 is 1.63 bits per heavy atom. The van der Waals surface area contributed by atoms with E-state index >= 15 is 0 Å². The number of pyridine rings is 1. The number of amides is 1. The first-order chi connectivity index (χ1) is 14.6. The van der Waals surface area contributed by atoms with Gasteiger partial charge in [0.2, 0.25) is 5.91 Å². The predicted molar refractivity (Wildman–Crippen MR) is 120 cm³/mol. The van der Waals surface area contributed by atoms with Gasteiger partial charge in [0.05, 0.1) is 5.69 Å². The molecule has 1 atom stereocenters. The van der Waals surface area contributed by atoms with Crippen LogP contribution in [0.3, 0.4) is 0 Å². The number of carbonyl (C=O) groups is 1. The topological polar surface area (TPSA) is 71.8 Å². The van der Waals surface area contributed by atoms with Crippen molar-refractivity contribution in [2.75, 3.05) is 10.6 Å². The lowest BCUT2D eigenvalue weighted by Gasteiger charge is -2.15. The van der Waals surface area contributed by atoms with E-state index in [1.165, 1.54) is 0 Å². The second-order valence-electron chi connectivity index (χ2n) is 7.07. The van der Waals surface area contributed by atoms with Gasteiger partial charge in [-0.05, 0) is 48.4 Å². The minimum absolute atomic E-state index is 0.148. The zero-order chi connectivity index (χ0) is 20.9. The van der Waals surface area contributed by atoms with Crippen molar-refractivity contribution < 1.29 is 4.79 Å². The molecule has 6 heteroatoms. The van der Waals surface area contributed by atoms with Gasteiger partial charge in [0, 0.05) is 30.7 Å². The highest BCUT2D eigenvalue weighted by molar-refractivity contribution is 5.95. The molecule has 1 amide bonds. The zero-order valence-electron chi connectivity index (χ0n) is 16.9. The minimum Gasteiger partial charge on any atom is -0.374 e. The Hall–Kier alpha value is -3.93. The van der Waals surface area contributed by atoms with Crippen molar-refractivity contribution >= 4 is 17.4 Å². The number of carbonyl (C=O) groups excluding carboxylic acids is 1. The number of anilines is 2. The first-order valence-electron chi connectivity index (χ1n) is 9.77. The Kier molecular flexibility index (Phi) is 5.57. The summed E-state index contributed by atoms with van der Waals surface area (Å²) >= 11 is 0. The van der Waals surface area contributed by atoms with Gasteiger partial charge in [0.1, 0.15) is 11.9 Å². The molecule has 0 bridgehead atoms. The SMILES string of the molecule is C[C@H](Nc1ccc(-c2ccnn2C)cc1)C(=O)Nc1ccc(-c2ccccc2)cn1. The molecular formula is C24H23N5O. The van der Waals surface area contributed by atoms with E-state index in [-0.39, 0.29) is 5.91 Å². The molecule has 2 aromatic heterocycles. The minimum atomic E-state index is -0.414. The van der Waals surface area contributed by atoms with Crippen LogP contribution in [0.2, 0.25) is 0 Å². The molecular weight excluding hydrogens is 374 g/mol. The van der Waals surface area contributed by atoms with Crippen molar-refractivity contribution in [3.8, 4) is 22.4 Å².